The van der Waals surface area contributed by atoms with Crippen molar-refractivity contribution in [3.8, 4) is 0 Å². The lowest BCUT2D eigenvalue weighted by Gasteiger charge is -2.05. The lowest BCUT2D eigenvalue weighted by atomic mass is 10.2. The van der Waals surface area contributed by atoms with Crippen molar-refractivity contribution in [1.82, 2.24) is 4.37 Å². The van der Waals surface area contributed by atoms with Gasteiger partial charge in [-0.05, 0) is 37.5 Å². The Bertz CT molecular complexity index is 519. The van der Waals surface area contributed by atoms with E-state index in [4.69, 9.17) is 9.15 Å². The Balaban J connectivity index is 2.10. The number of anilines is 1. The van der Waals surface area contributed by atoms with Crippen LogP contribution >= 0.6 is 11.5 Å². The molecule has 2 heterocycles. The average molecular weight is 266 g/mol. The van der Waals surface area contributed by atoms with E-state index in [-0.39, 0.29) is 5.97 Å². The summed E-state index contributed by atoms with van der Waals surface area (Å²) >= 11 is 1.25. The number of nitrogens with zero attached hydrogens (tertiary/aromatic N) is 1. The summed E-state index contributed by atoms with van der Waals surface area (Å²) in [7, 11) is 0. The zero-order chi connectivity index (χ0) is 13.0. The van der Waals surface area contributed by atoms with Gasteiger partial charge >= 0.3 is 5.97 Å². The first kappa shape index (κ1) is 12.6. The third-order valence-electron chi connectivity index (χ3n) is 2.35. The number of carbonyl (C=O) groups is 1. The molecule has 0 aliphatic carbocycles. The van der Waals surface area contributed by atoms with Crippen LogP contribution < -0.4 is 5.32 Å². The molecule has 1 N–H and O–H groups in total. The van der Waals surface area contributed by atoms with Gasteiger partial charge in [-0.2, -0.15) is 4.37 Å². The molecule has 96 valence electrons. The van der Waals surface area contributed by atoms with Gasteiger partial charge in [-0.1, -0.05) is 0 Å². The first-order valence-electron chi connectivity index (χ1n) is 5.62. The second-order valence-electron chi connectivity index (χ2n) is 3.63. The van der Waals surface area contributed by atoms with E-state index < -0.39 is 0 Å². The highest BCUT2D eigenvalue weighted by atomic mass is 32.1. The van der Waals surface area contributed by atoms with Crippen molar-refractivity contribution in [2.45, 2.75) is 20.4 Å². The van der Waals surface area contributed by atoms with Crippen LogP contribution in [0.5, 0.6) is 0 Å². The molecule has 0 aromatic carbocycles. The van der Waals surface area contributed by atoms with Gasteiger partial charge in [0.1, 0.15) is 16.3 Å². The second kappa shape index (κ2) is 5.68. The molecule has 0 aliphatic heterocycles. The number of aryl methyl sites for hydroxylation is 1. The first-order chi connectivity index (χ1) is 8.72. The van der Waals surface area contributed by atoms with Gasteiger partial charge in [0.25, 0.3) is 0 Å². The Morgan fingerprint density at radius 2 is 2.44 bits per heavy atom. The Labute approximate surface area is 109 Å². The summed E-state index contributed by atoms with van der Waals surface area (Å²) in [5.41, 5.74) is 1.19. The molecule has 0 saturated heterocycles. The molecule has 0 fully saturated rings. The third kappa shape index (κ3) is 2.70. The van der Waals surface area contributed by atoms with Crippen molar-refractivity contribution in [3.63, 3.8) is 0 Å². The maximum absolute atomic E-state index is 11.8. The minimum Gasteiger partial charge on any atom is -0.467 e. The van der Waals surface area contributed by atoms with E-state index in [1.807, 2.05) is 12.1 Å². The van der Waals surface area contributed by atoms with E-state index in [1.54, 1.807) is 20.1 Å². The van der Waals surface area contributed by atoms with Gasteiger partial charge in [0.15, 0.2) is 0 Å². The van der Waals surface area contributed by atoms with Crippen LogP contribution in [0.15, 0.2) is 22.8 Å². The molecule has 2 aromatic rings. The fourth-order valence-electron chi connectivity index (χ4n) is 1.51. The van der Waals surface area contributed by atoms with Gasteiger partial charge in [0.05, 0.1) is 25.1 Å². The molecule has 0 unspecified atom stereocenters. The summed E-state index contributed by atoms with van der Waals surface area (Å²) < 4.78 is 14.4. The zero-order valence-corrected chi connectivity index (χ0v) is 11.0. The Kier molecular flexibility index (Phi) is 3.99. The van der Waals surface area contributed by atoms with E-state index in [0.29, 0.717) is 29.4 Å². The summed E-state index contributed by atoms with van der Waals surface area (Å²) in [6.07, 6.45) is 1.61. The molecule has 2 rings (SSSR count). The number of furan rings is 1. The van der Waals surface area contributed by atoms with Crippen LogP contribution in [0.4, 0.5) is 5.00 Å². The number of rotatable bonds is 5. The lowest BCUT2D eigenvalue weighted by molar-refractivity contribution is 0.0527. The van der Waals surface area contributed by atoms with Gasteiger partial charge in [-0.25, -0.2) is 4.79 Å². The van der Waals surface area contributed by atoms with Crippen LogP contribution in [0.1, 0.15) is 28.7 Å². The van der Waals surface area contributed by atoms with Gasteiger partial charge in [-0.3, -0.25) is 0 Å². The van der Waals surface area contributed by atoms with E-state index >= 15 is 0 Å². The minimum absolute atomic E-state index is 0.342. The molecule has 0 saturated carbocycles. The van der Waals surface area contributed by atoms with E-state index in [0.717, 1.165) is 5.76 Å². The molecule has 18 heavy (non-hydrogen) atoms. The molecule has 6 heteroatoms. The predicted molar refractivity (Wildman–Crippen MR) is 68.8 cm³/mol. The Hall–Kier alpha value is -1.82. The Morgan fingerprint density at radius 1 is 1.61 bits per heavy atom. The topological polar surface area (TPSA) is 64.4 Å². The van der Waals surface area contributed by atoms with Gasteiger partial charge in [-0.15, -0.1) is 0 Å². The van der Waals surface area contributed by atoms with Crippen molar-refractivity contribution in [1.29, 1.82) is 0 Å². The lowest BCUT2D eigenvalue weighted by Crippen LogP contribution is -2.08. The maximum Gasteiger partial charge on any atom is 0.343 e. The van der Waals surface area contributed by atoms with Gasteiger partial charge < -0.3 is 14.5 Å². The average Bonchev–Trinajstić information content (AvgIpc) is 2.96. The highest BCUT2D eigenvalue weighted by Gasteiger charge is 2.19. The van der Waals surface area contributed by atoms with E-state index in [9.17, 15) is 4.79 Å². The van der Waals surface area contributed by atoms with Crippen LogP contribution in [-0.2, 0) is 11.3 Å². The van der Waals surface area contributed by atoms with E-state index in [1.165, 1.54) is 11.5 Å². The minimum atomic E-state index is -0.342. The quantitative estimate of drug-likeness (QED) is 0.843. The molecule has 0 bridgehead atoms. The van der Waals surface area contributed by atoms with Gasteiger partial charge in [0.2, 0.25) is 0 Å². The van der Waals surface area contributed by atoms with E-state index in [2.05, 4.69) is 9.69 Å². The number of nitrogens with one attached hydrogen (secondary N) is 1. The van der Waals surface area contributed by atoms with Gasteiger partial charge in [0, 0.05) is 0 Å². The van der Waals surface area contributed by atoms with Crippen molar-refractivity contribution in [2.75, 3.05) is 11.9 Å². The smallest absolute Gasteiger partial charge is 0.343 e. The number of carbonyl (C=O) groups excluding carboxylic acids is 1. The summed E-state index contributed by atoms with van der Waals surface area (Å²) in [4.78, 5) is 11.8. The van der Waals surface area contributed by atoms with Crippen LogP contribution in [-0.4, -0.2) is 16.9 Å². The highest BCUT2D eigenvalue weighted by molar-refractivity contribution is 7.10. The summed E-state index contributed by atoms with van der Waals surface area (Å²) in [5, 5.41) is 3.85. The normalized spacial score (nSPS) is 10.3. The molecule has 2 aromatic heterocycles. The zero-order valence-electron chi connectivity index (χ0n) is 10.2. The largest absolute Gasteiger partial charge is 0.467 e. The van der Waals surface area contributed by atoms with Crippen molar-refractivity contribution >= 4 is 22.5 Å². The summed E-state index contributed by atoms with van der Waals surface area (Å²) in [6, 6.07) is 3.69. The molecular weight excluding hydrogens is 252 g/mol. The second-order valence-corrected chi connectivity index (χ2v) is 4.40. The van der Waals surface area contributed by atoms with Crippen molar-refractivity contribution in [2.24, 2.45) is 0 Å². The number of ether oxygens (including phenoxy) is 1. The molecule has 0 aliphatic rings. The molecule has 0 spiro atoms. The Morgan fingerprint density at radius 3 is 3.11 bits per heavy atom. The monoisotopic (exact) mass is 266 g/mol. The van der Waals surface area contributed by atoms with Crippen molar-refractivity contribution in [3.05, 3.63) is 35.4 Å². The van der Waals surface area contributed by atoms with Crippen LogP contribution in [0, 0.1) is 6.92 Å². The van der Waals surface area contributed by atoms with Crippen LogP contribution in [0.3, 0.4) is 0 Å². The fourth-order valence-corrected chi connectivity index (χ4v) is 2.29. The number of aromatic nitrogens is 1. The molecular formula is C12H14N2O3S. The maximum atomic E-state index is 11.8. The number of esters is 1. The van der Waals surface area contributed by atoms with Crippen LogP contribution in [0.25, 0.3) is 0 Å². The van der Waals surface area contributed by atoms with Crippen LogP contribution in [0.2, 0.25) is 0 Å². The number of hydrogen-bond donors (Lipinski definition) is 1. The fraction of sp³-hybridized carbons (Fsp3) is 0.333. The molecule has 0 amide bonds. The predicted octanol–water partition coefficient (Wildman–Crippen LogP) is 2.83. The van der Waals surface area contributed by atoms with Crippen molar-refractivity contribution < 1.29 is 13.9 Å². The molecule has 0 radical (unpaired) electrons. The first-order valence-corrected chi connectivity index (χ1v) is 6.39. The number of hydrogen-bond acceptors (Lipinski definition) is 6. The molecule has 0 atom stereocenters. The molecule has 5 nitrogen and oxygen atoms in total. The summed E-state index contributed by atoms with van der Waals surface area (Å²) in [5.74, 6) is 0.460. The highest BCUT2D eigenvalue weighted by Crippen LogP contribution is 2.25. The SMILES string of the molecule is CCOC(=O)c1c(C)nsc1NCc1ccco1. The third-order valence-corrected chi connectivity index (χ3v) is 3.24. The summed E-state index contributed by atoms with van der Waals surface area (Å²) in [6.45, 7) is 4.44. The standard InChI is InChI=1S/C12H14N2O3S/c1-3-16-12(15)10-8(2)14-18-11(10)13-7-9-5-4-6-17-9/h4-6,13H,3,7H2,1-2H3.